The quantitative estimate of drug-likeness (QED) is 0.0844. The number of fused-ring (bicyclic) bond motifs is 3. The van der Waals surface area contributed by atoms with Crippen LogP contribution in [-0.4, -0.2) is 30.5 Å². The van der Waals surface area contributed by atoms with Crippen LogP contribution in [0.1, 0.15) is 61.3 Å². The molecule has 2 aliphatic rings. The number of nitrogens with one attached hydrogen (secondary N) is 7. The lowest BCUT2D eigenvalue weighted by atomic mass is 9.90. The minimum Gasteiger partial charge on any atom is -0.348 e. The van der Waals surface area contributed by atoms with Crippen LogP contribution in [0.15, 0.2) is 102 Å². The first-order chi connectivity index (χ1) is 23.7. The van der Waals surface area contributed by atoms with Crippen LogP contribution in [0.3, 0.4) is 0 Å². The molecule has 0 saturated carbocycles. The number of hydrogen-bond acceptors (Lipinski definition) is 4. The minimum atomic E-state index is -0.348. The second-order valence-corrected chi connectivity index (χ2v) is 12.2. The highest BCUT2D eigenvalue weighted by Gasteiger charge is 2.29. The van der Waals surface area contributed by atoms with E-state index in [1.807, 2.05) is 48.6 Å². The van der Waals surface area contributed by atoms with E-state index >= 15 is 0 Å². The van der Waals surface area contributed by atoms with Crippen molar-refractivity contribution in [2.75, 3.05) is 22.5 Å². The maximum atomic E-state index is 12.8. The Morgan fingerprint density at radius 2 is 1.33 bits per heavy atom. The van der Waals surface area contributed by atoms with E-state index in [0.717, 1.165) is 48.1 Å². The van der Waals surface area contributed by atoms with Gasteiger partial charge >= 0.3 is 18.1 Å². The van der Waals surface area contributed by atoms with E-state index < -0.39 is 0 Å². The lowest BCUT2D eigenvalue weighted by Gasteiger charge is -2.19. The van der Waals surface area contributed by atoms with Crippen molar-refractivity contribution in [3.63, 3.8) is 0 Å². The van der Waals surface area contributed by atoms with Gasteiger partial charge in [-0.2, -0.15) is 0 Å². The standard InChI is InChI=1S/C38H43N7O4/c1-4-5-18-39-36(47)41-23-26-8-12-30(13-9-26)43-38(49)45-32-15-17-34-28(21-32)19-27-20-31(14-16-33(27)34)44-37(48)42-29-10-6-25(7-11-29)22-40-35(46)24(2)3/h6-15,17,20-21,33H,2,4-5,16,18-19,22-23H2,1,3H3,(H,40,46)(H2,39,41,47)(H2,42,44,48)(H2,43,45,49). The predicted molar refractivity (Wildman–Crippen MR) is 193 cm³/mol. The van der Waals surface area contributed by atoms with Crippen molar-refractivity contribution in [1.82, 2.24) is 21.3 Å². The zero-order chi connectivity index (χ0) is 34.8. The number of benzene rings is 3. The van der Waals surface area contributed by atoms with Crippen LogP contribution in [0.2, 0.25) is 0 Å². The highest BCUT2D eigenvalue weighted by Crippen LogP contribution is 2.43. The van der Waals surface area contributed by atoms with E-state index in [-0.39, 0.29) is 29.9 Å². The van der Waals surface area contributed by atoms with E-state index in [1.54, 1.807) is 31.2 Å². The third kappa shape index (κ3) is 9.83. The number of rotatable bonds is 12. The second-order valence-electron chi connectivity index (χ2n) is 12.2. The average Bonchev–Trinajstić information content (AvgIpc) is 3.44. The summed E-state index contributed by atoms with van der Waals surface area (Å²) in [5, 5.41) is 20.0. The Labute approximate surface area is 286 Å². The van der Waals surface area contributed by atoms with E-state index in [4.69, 9.17) is 0 Å². The normalized spacial score (nSPS) is 14.2. The first-order valence-electron chi connectivity index (χ1n) is 16.5. The monoisotopic (exact) mass is 661 g/mol. The molecule has 0 aromatic heterocycles. The molecule has 0 aliphatic heterocycles. The molecule has 0 bridgehead atoms. The molecule has 3 aromatic rings. The topological polar surface area (TPSA) is 152 Å². The Morgan fingerprint density at radius 3 is 1.96 bits per heavy atom. The van der Waals surface area contributed by atoms with Crippen molar-refractivity contribution in [3.05, 3.63) is 125 Å². The zero-order valence-corrected chi connectivity index (χ0v) is 27.9. The Bertz CT molecular complexity index is 1780. The van der Waals surface area contributed by atoms with Crippen LogP contribution < -0.4 is 37.2 Å². The third-order valence-corrected chi connectivity index (χ3v) is 8.32. The van der Waals surface area contributed by atoms with Gasteiger partial charge < -0.3 is 37.2 Å². The molecular formula is C38H43N7O4. The number of carbonyl (C=O) groups excluding carboxylic acids is 4. The summed E-state index contributed by atoms with van der Waals surface area (Å²) in [4.78, 5) is 49.1. The van der Waals surface area contributed by atoms with Gasteiger partial charge in [0, 0.05) is 53.9 Å². The first kappa shape index (κ1) is 34.5. The summed E-state index contributed by atoms with van der Waals surface area (Å²) >= 11 is 0. The van der Waals surface area contributed by atoms with Crippen LogP contribution in [-0.2, 0) is 24.3 Å². The molecule has 7 N–H and O–H groups in total. The molecule has 0 spiro atoms. The summed E-state index contributed by atoms with van der Waals surface area (Å²) in [6, 6.07) is 19.7. The predicted octanol–water partition coefficient (Wildman–Crippen LogP) is 6.80. The molecule has 49 heavy (non-hydrogen) atoms. The van der Waals surface area contributed by atoms with E-state index in [1.165, 1.54) is 11.1 Å². The molecule has 2 aliphatic carbocycles. The molecule has 11 nitrogen and oxygen atoms in total. The van der Waals surface area contributed by atoms with Crippen molar-refractivity contribution in [2.45, 2.75) is 58.5 Å². The number of anilines is 3. The van der Waals surface area contributed by atoms with Gasteiger partial charge in [0.2, 0.25) is 5.91 Å². The number of allylic oxidation sites excluding steroid dienone is 3. The number of urea groups is 3. The Morgan fingerprint density at radius 1 is 0.735 bits per heavy atom. The zero-order valence-electron chi connectivity index (χ0n) is 27.9. The fraction of sp³-hybridized carbons (Fsp3) is 0.263. The van der Waals surface area contributed by atoms with Gasteiger partial charge in [0.25, 0.3) is 0 Å². The van der Waals surface area contributed by atoms with Gasteiger partial charge in [0.15, 0.2) is 0 Å². The first-order valence-corrected chi connectivity index (χ1v) is 16.5. The molecular weight excluding hydrogens is 618 g/mol. The molecule has 3 aromatic carbocycles. The summed E-state index contributed by atoms with van der Waals surface area (Å²) in [7, 11) is 0. The Hall–Kier alpha value is -5.84. The molecule has 0 heterocycles. The van der Waals surface area contributed by atoms with Crippen LogP contribution >= 0.6 is 0 Å². The summed E-state index contributed by atoms with van der Waals surface area (Å²) in [6.07, 6.45) is 7.51. The van der Waals surface area contributed by atoms with Crippen molar-refractivity contribution < 1.29 is 19.2 Å². The number of amides is 7. The fourth-order valence-corrected chi connectivity index (χ4v) is 5.70. The molecule has 0 radical (unpaired) electrons. The van der Waals surface area contributed by atoms with Gasteiger partial charge in [-0.05, 0) is 90.9 Å². The van der Waals surface area contributed by atoms with Crippen LogP contribution in [0.5, 0.6) is 0 Å². The lowest BCUT2D eigenvalue weighted by Crippen LogP contribution is -2.35. The number of carbonyl (C=O) groups is 4. The number of unbranched alkanes of at least 4 members (excludes halogenated alkanes) is 1. The smallest absolute Gasteiger partial charge is 0.323 e. The van der Waals surface area contributed by atoms with Crippen LogP contribution in [0, 0.1) is 0 Å². The molecule has 254 valence electrons. The lowest BCUT2D eigenvalue weighted by molar-refractivity contribution is -0.117. The minimum absolute atomic E-state index is 0.195. The molecule has 0 saturated heterocycles. The van der Waals surface area contributed by atoms with E-state index in [0.29, 0.717) is 42.3 Å². The third-order valence-electron chi connectivity index (χ3n) is 8.32. The summed E-state index contributed by atoms with van der Waals surface area (Å²) in [5.41, 5.74) is 8.58. The molecule has 11 heteroatoms. The molecule has 5 rings (SSSR count). The van der Waals surface area contributed by atoms with Crippen molar-refractivity contribution in [1.29, 1.82) is 0 Å². The van der Waals surface area contributed by atoms with E-state index in [9.17, 15) is 19.2 Å². The van der Waals surface area contributed by atoms with E-state index in [2.05, 4.69) is 56.8 Å². The van der Waals surface area contributed by atoms with Crippen molar-refractivity contribution >= 4 is 41.1 Å². The van der Waals surface area contributed by atoms with Gasteiger partial charge in [-0.15, -0.1) is 0 Å². The van der Waals surface area contributed by atoms with Gasteiger partial charge in [-0.25, -0.2) is 14.4 Å². The van der Waals surface area contributed by atoms with Gasteiger partial charge in [0.1, 0.15) is 0 Å². The largest absolute Gasteiger partial charge is 0.348 e. The molecule has 1 atom stereocenters. The van der Waals surface area contributed by atoms with Crippen LogP contribution in [0.25, 0.3) is 0 Å². The Balaban J connectivity index is 1.08. The SMILES string of the molecule is C=C(C)C(=O)NCc1ccc(NC(=O)NC2=CCC3C(=C2)Cc2cc(NC(=O)Nc4ccc(CNC(=O)NCCCC)cc4)ccc23)cc1. The van der Waals surface area contributed by atoms with Gasteiger partial charge in [-0.3, -0.25) is 4.79 Å². The van der Waals surface area contributed by atoms with Gasteiger partial charge in [-0.1, -0.05) is 61.9 Å². The Kier molecular flexibility index (Phi) is 11.5. The van der Waals surface area contributed by atoms with Gasteiger partial charge in [0.05, 0.1) is 0 Å². The average molecular weight is 662 g/mol. The highest BCUT2D eigenvalue weighted by atomic mass is 16.2. The second kappa shape index (κ2) is 16.3. The fourth-order valence-electron chi connectivity index (χ4n) is 5.70. The van der Waals surface area contributed by atoms with Crippen molar-refractivity contribution in [2.24, 2.45) is 0 Å². The summed E-state index contributed by atoms with van der Waals surface area (Å²) in [6.45, 7) is 8.79. The number of hydrogen-bond donors (Lipinski definition) is 7. The molecule has 1 unspecified atom stereocenters. The molecule has 7 amide bonds. The van der Waals surface area contributed by atoms with Crippen LogP contribution in [0.4, 0.5) is 31.4 Å². The highest BCUT2D eigenvalue weighted by molar-refractivity contribution is 6.00. The maximum absolute atomic E-state index is 12.8. The molecule has 0 fully saturated rings. The summed E-state index contributed by atoms with van der Waals surface area (Å²) < 4.78 is 0. The maximum Gasteiger partial charge on any atom is 0.323 e. The van der Waals surface area contributed by atoms with Crippen molar-refractivity contribution in [3.8, 4) is 0 Å². The summed E-state index contributed by atoms with van der Waals surface area (Å²) in [5.74, 6) is 0.0403.